The molecule has 0 aromatic heterocycles. The number of β-amino-alcohol motifs (C(OH)–C–C–N with tert-alkyl or cyclic N) is 1. The summed E-state index contributed by atoms with van der Waals surface area (Å²) < 4.78 is 0. The maximum atomic E-state index is 10.1. The average molecular weight is 292 g/mol. The minimum Gasteiger partial charge on any atom is -0.392 e. The predicted molar refractivity (Wildman–Crippen MR) is 86.2 cm³/mol. The van der Waals surface area contributed by atoms with Crippen LogP contribution in [-0.4, -0.2) is 48.7 Å². The minimum atomic E-state index is -0.0817. The zero-order chi connectivity index (χ0) is 15.5. The molecule has 1 saturated heterocycles. The Balaban J connectivity index is 0.000000315. The van der Waals surface area contributed by atoms with Crippen molar-refractivity contribution in [3.63, 3.8) is 0 Å². The number of carbonyl (C=O) groups is 1. The second-order valence-electron chi connectivity index (χ2n) is 5.36. The van der Waals surface area contributed by atoms with E-state index >= 15 is 0 Å². The number of hydrogen-bond donors (Lipinski definition) is 2. The van der Waals surface area contributed by atoms with Gasteiger partial charge in [-0.2, -0.15) is 0 Å². The van der Waals surface area contributed by atoms with Crippen LogP contribution in [0.1, 0.15) is 31.7 Å². The fraction of sp³-hybridized carbons (Fsp3) is 0.588. The van der Waals surface area contributed by atoms with E-state index < -0.39 is 0 Å². The zero-order valence-corrected chi connectivity index (χ0v) is 13.2. The van der Waals surface area contributed by atoms with E-state index in [2.05, 4.69) is 40.5 Å². The van der Waals surface area contributed by atoms with Crippen LogP contribution in [0, 0.1) is 0 Å². The summed E-state index contributed by atoms with van der Waals surface area (Å²) in [7, 11) is 1.63. The van der Waals surface area contributed by atoms with Crippen molar-refractivity contribution < 1.29 is 9.90 Å². The van der Waals surface area contributed by atoms with E-state index in [4.69, 9.17) is 0 Å². The van der Waals surface area contributed by atoms with Crippen molar-refractivity contribution in [1.29, 1.82) is 0 Å². The van der Waals surface area contributed by atoms with Crippen LogP contribution in [0.15, 0.2) is 30.3 Å². The summed E-state index contributed by atoms with van der Waals surface area (Å²) in [6, 6.07) is 10.6. The molecule has 1 amide bonds. The van der Waals surface area contributed by atoms with Gasteiger partial charge in [0.05, 0.1) is 6.10 Å². The molecule has 1 aromatic rings. The minimum absolute atomic E-state index is 0.0817. The van der Waals surface area contributed by atoms with Gasteiger partial charge in [-0.05, 0) is 31.4 Å². The highest BCUT2D eigenvalue weighted by Crippen LogP contribution is 2.10. The van der Waals surface area contributed by atoms with E-state index in [0.717, 1.165) is 32.5 Å². The molecule has 1 heterocycles. The highest BCUT2D eigenvalue weighted by atomic mass is 16.3. The Bertz CT molecular complexity index is 389. The van der Waals surface area contributed by atoms with E-state index in [0.29, 0.717) is 6.42 Å². The number of likely N-dealkylation sites (tertiary alicyclic amines) is 1. The number of amides is 1. The van der Waals surface area contributed by atoms with Gasteiger partial charge in [-0.1, -0.05) is 37.3 Å². The van der Waals surface area contributed by atoms with Gasteiger partial charge < -0.3 is 15.3 Å². The lowest BCUT2D eigenvalue weighted by Gasteiger charge is -2.14. The first-order chi connectivity index (χ1) is 10.2. The number of aliphatic hydroxyl groups is 1. The van der Waals surface area contributed by atoms with Crippen molar-refractivity contribution >= 4 is 5.91 Å². The summed E-state index contributed by atoms with van der Waals surface area (Å²) in [5.74, 6) is 0.0926. The van der Waals surface area contributed by atoms with Gasteiger partial charge in [-0.25, -0.2) is 0 Å². The lowest BCUT2D eigenvalue weighted by molar-refractivity contribution is -0.120. The lowest BCUT2D eigenvalue weighted by atomic mass is 10.1. The van der Waals surface area contributed by atoms with E-state index in [1.165, 1.54) is 12.0 Å². The molecular formula is C17H28N2O2. The molecule has 1 aliphatic heterocycles. The second-order valence-corrected chi connectivity index (χ2v) is 5.36. The first kappa shape index (κ1) is 17.7. The molecule has 0 saturated carbocycles. The molecule has 1 fully saturated rings. The zero-order valence-electron chi connectivity index (χ0n) is 13.2. The molecule has 1 aliphatic rings. The summed E-state index contributed by atoms with van der Waals surface area (Å²) in [6.07, 6.45) is 3.79. The van der Waals surface area contributed by atoms with Crippen molar-refractivity contribution in [3.8, 4) is 0 Å². The number of benzene rings is 1. The molecule has 4 nitrogen and oxygen atoms in total. The van der Waals surface area contributed by atoms with E-state index in [1.54, 1.807) is 7.05 Å². The third-order valence-corrected chi connectivity index (χ3v) is 3.63. The molecule has 2 N–H and O–H groups in total. The van der Waals surface area contributed by atoms with Gasteiger partial charge in [0, 0.05) is 26.6 Å². The Kier molecular flexibility index (Phi) is 8.71. The maximum absolute atomic E-state index is 10.1. The van der Waals surface area contributed by atoms with Crippen molar-refractivity contribution in [2.75, 3.05) is 26.7 Å². The van der Waals surface area contributed by atoms with Crippen LogP contribution in [0.3, 0.4) is 0 Å². The molecule has 2 rings (SSSR count). The molecule has 0 radical (unpaired) electrons. The quantitative estimate of drug-likeness (QED) is 0.870. The first-order valence-corrected chi connectivity index (χ1v) is 7.80. The van der Waals surface area contributed by atoms with Gasteiger partial charge in [-0.15, -0.1) is 0 Å². The monoisotopic (exact) mass is 292 g/mol. The third-order valence-electron chi connectivity index (χ3n) is 3.63. The highest BCUT2D eigenvalue weighted by molar-refractivity contribution is 5.74. The molecule has 0 bridgehead atoms. The molecule has 21 heavy (non-hydrogen) atoms. The van der Waals surface area contributed by atoms with Crippen LogP contribution in [-0.2, 0) is 11.2 Å². The van der Waals surface area contributed by atoms with Gasteiger partial charge in [-0.3, -0.25) is 4.79 Å². The molecule has 1 aromatic carbocycles. The number of nitrogens with one attached hydrogen (secondary N) is 1. The normalized spacial score (nSPS) is 18.0. The molecule has 1 atom stereocenters. The van der Waals surface area contributed by atoms with Crippen LogP contribution in [0.2, 0.25) is 0 Å². The van der Waals surface area contributed by atoms with Crippen molar-refractivity contribution in [2.45, 2.75) is 38.7 Å². The van der Waals surface area contributed by atoms with Gasteiger partial charge >= 0.3 is 0 Å². The standard InChI is InChI=1S/C13H19NO.C4H9NO/c15-13-8-10-14(11-13)9-4-7-12-5-2-1-3-6-12;1-3-4(6)5-2/h1-3,5-6,13,15H,4,7-11H2;3H2,1-2H3,(H,5,6). The summed E-state index contributed by atoms with van der Waals surface area (Å²) in [5.41, 5.74) is 1.41. The van der Waals surface area contributed by atoms with Crippen LogP contribution in [0.5, 0.6) is 0 Å². The molecule has 0 aliphatic carbocycles. The third kappa shape index (κ3) is 7.83. The highest BCUT2D eigenvalue weighted by Gasteiger charge is 2.18. The smallest absolute Gasteiger partial charge is 0.219 e. The van der Waals surface area contributed by atoms with Crippen molar-refractivity contribution in [1.82, 2.24) is 10.2 Å². The maximum Gasteiger partial charge on any atom is 0.219 e. The Morgan fingerprint density at radius 2 is 2.10 bits per heavy atom. The van der Waals surface area contributed by atoms with Crippen LogP contribution in [0.25, 0.3) is 0 Å². The number of rotatable bonds is 5. The van der Waals surface area contributed by atoms with E-state index in [1.807, 2.05) is 6.92 Å². The number of nitrogens with zero attached hydrogens (tertiary/aromatic N) is 1. The summed E-state index contributed by atoms with van der Waals surface area (Å²) in [6.45, 7) is 4.87. The Labute approximate surface area is 128 Å². The van der Waals surface area contributed by atoms with Crippen LogP contribution in [0.4, 0.5) is 0 Å². The molecule has 0 spiro atoms. The average Bonchev–Trinajstić information content (AvgIpc) is 2.93. The summed E-state index contributed by atoms with van der Waals surface area (Å²) >= 11 is 0. The fourth-order valence-electron chi connectivity index (χ4n) is 2.34. The molecular weight excluding hydrogens is 264 g/mol. The summed E-state index contributed by atoms with van der Waals surface area (Å²) in [5, 5.41) is 11.8. The Morgan fingerprint density at radius 3 is 2.57 bits per heavy atom. The SMILES string of the molecule is CCC(=O)NC.OC1CCN(CCCc2ccccc2)C1. The van der Waals surface area contributed by atoms with E-state index in [9.17, 15) is 9.90 Å². The molecule has 4 heteroatoms. The van der Waals surface area contributed by atoms with Crippen molar-refractivity contribution in [2.24, 2.45) is 0 Å². The summed E-state index contributed by atoms with van der Waals surface area (Å²) in [4.78, 5) is 12.4. The first-order valence-electron chi connectivity index (χ1n) is 7.80. The van der Waals surface area contributed by atoms with Gasteiger partial charge in [0.15, 0.2) is 0 Å². The van der Waals surface area contributed by atoms with Gasteiger partial charge in [0.1, 0.15) is 0 Å². The van der Waals surface area contributed by atoms with Crippen molar-refractivity contribution in [3.05, 3.63) is 35.9 Å². The second kappa shape index (κ2) is 10.4. The number of hydrogen-bond acceptors (Lipinski definition) is 3. The molecule has 1 unspecified atom stereocenters. The largest absolute Gasteiger partial charge is 0.392 e. The number of aliphatic hydroxyl groups excluding tert-OH is 1. The lowest BCUT2D eigenvalue weighted by Crippen LogP contribution is -2.23. The fourth-order valence-corrected chi connectivity index (χ4v) is 2.34. The topological polar surface area (TPSA) is 52.6 Å². The van der Waals surface area contributed by atoms with Gasteiger partial charge in [0.25, 0.3) is 0 Å². The number of aryl methyl sites for hydroxylation is 1. The number of carbonyl (C=O) groups excluding carboxylic acids is 1. The Morgan fingerprint density at radius 1 is 1.38 bits per heavy atom. The van der Waals surface area contributed by atoms with Gasteiger partial charge in [0.2, 0.25) is 5.91 Å². The Hall–Kier alpha value is -1.39. The predicted octanol–water partition coefficient (Wildman–Crippen LogP) is 1.83. The van der Waals surface area contributed by atoms with Crippen LogP contribution >= 0.6 is 0 Å². The van der Waals surface area contributed by atoms with Crippen LogP contribution < -0.4 is 5.32 Å². The van der Waals surface area contributed by atoms with E-state index in [-0.39, 0.29) is 12.0 Å². The molecule has 118 valence electrons.